The molecule has 3 rings (SSSR count). The third-order valence-corrected chi connectivity index (χ3v) is 4.58. The number of carboxylic acids is 1. The predicted octanol–water partition coefficient (Wildman–Crippen LogP) is 1.42. The van der Waals surface area contributed by atoms with Gasteiger partial charge in [0.15, 0.2) is 3.95 Å². The van der Waals surface area contributed by atoms with Crippen molar-refractivity contribution in [2.75, 3.05) is 14.2 Å². The summed E-state index contributed by atoms with van der Waals surface area (Å²) in [4.78, 5) is 18.5. The van der Waals surface area contributed by atoms with Crippen molar-refractivity contribution in [2.24, 2.45) is 4.99 Å². The van der Waals surface area contributed by atoms with Crippen LogP contribution in [0.2, 0.25) is 0 Å². The SMILES string of the molecule is COc1cc(OC)c(=Cc2sc(=S)[nH]c2O)c2c1C=C(C(=O)O)N=2. The molecule has 0 saturated carbocycles. The number of methoxy groups -OCH3 is 2. The van der Waals surface area contributed by atoms with Gasteiger partial charge in [0.1, 0.15) is 17.2 Å². The second-order valence-electron chi connectivity index (χ2n) is 4.78. The van der Waals surface area contributed by atoms with Crippen molar-refractivity contribution in [3.63, 3.8) is 0 Å². The summed E-state index contributed by atoms with van der Waals surface area (Å²) in [7, 11) is 2.96. The van der Waals surface area contributed by atoms with Crippen molar-refractivity contribution in [3.05, 3.63) is 36.7 Å². The highest BCUT2D eigenvalue weighted by molar-refractivity contribution is 7.73. The van der Waals surface area contributed by atoms with Gasteiger partial charge in [-0.25, -0.2) is 9.79 Å². The molecule has 0 atom stereocenters. The van der Waals surface area contributed by atoms with Crippen LogP contribution in [0.5, 0.6) is 17.4 Å². The molecule has 124 valence electrons. The molecule has 24 heavy (non-hydrogen) atoms. The molecule has 7 nitrogen and oxygen atoms in total. The number of carbonyl (C=O) groups is 1. The van der Waals surface area contributed by atoms with Gasteiger partial charge in [-0.1, -0.05) is 0 Å². The Bertz CT molecular complexity index is 1050. The lowest BCUT2D eigenvalue weighted by atomic mass is 10.1. The summed E-state index contributed by atoms with van der Waals surface area (Å²) >= 11 is 6.19. The van der Waals surface area contributed by atoms with E-state index in [1.54, 1.807) is 12.1 Å². The molecule has 0 radical (unpaired) electrons. The first-order chi connectivity index (χ1) is 11.4. The zero-order chi connectivity index (χ0) is 17.4. The number of benzene rings is 1. The largest absolute Gasteiger partial charge is 0.496 e. The Morgan fingerprint density at radius 1 is 1.38 bits per heavy atom. The van der Waals surface area contributed by atoms with Crippen LogP contribution in [0.4, 0.5) is 0 Å². The highest BCUT2D eigenvalue weighted by Crippen LogP contribution is 2.26. The average Bonchev–Trinajstić information content (AvgIpc) is 3.11. The molecule has 1 aromatic heterocycles. The maximum absolute atomic E-state index is 11.3. The van der Waals surface area contributed by atoms with E-state index in [1.165, 1.54) is 31.6 Å². The lowest BCUT2D eigenvalue weighted by Crippen LogP contribution is -2.28. The quantitative estimate of drug-likeness (QED) is 0.709. The molecule has 9 heteroatoms. The highest BCUT2D eigenvalue weighted by atomic mass is 32.1. The smallest absolute Gasteiger partial charge is 0.354 e. The molecule has 0 bridgehead atoms. The number of H-pyrrole nitrogens is 1. The molecular weight excluding hydrogens is 352 g/mol. The summed E-state index contributed by atoms with van der Waals surface area (Å²) in [6.07, 6.45) is 3.08. The number of hydrogen-bond acceptors (Lipinski definition) is 7. The number of aromatic hydroxyl groups is 1. The third kappa shape index (κ3) is 2.68. The van der Waals surface area contributed by atoms with Gasteiger partial charge >= 0.3 is 5.97 Å². The van der Waals surface area contributed by atoms with Gasteiger partial charge in [-0.05, 0) is 24.4 Å². The van der Waals surface area contributed by atoms with Gasteiger partial charge in [0.25, 0.3) is 0 Å². The first-order valence-corrected chi connectivity index (χ1v) is 7.89. The minimum absolute atomic E-state index is 0.0685. The molecule has 0 fully saturated rings. The molecule has 0 aliphatic carbocycles. The van der Waals surface area contributed by atoms with E-state index in [9.17, 15) is 15.0 Å². The van der Waals surface area contributed by atoms with Gasteiger partial charge in [-0.3, -0.25) is 0 Å². The van der Waals surface area contributed by atoms with E-state index in [0.717, 1.165) is 0 Å². The number of carboxylic acid groups (broad SMARTS) is 1. The normalized spacial score (nSPS) is 13.2. The highest BCUT2D eigenvalue weighted by Gasteiger charge is 2.20. The molecule has 0 saturated heterocycles. The van der Waals surface area contributed by atoms with Gasteiger partial charge in [0, 0.05) is 16.8 Å². The number of fused-ring (bicyclic) bond motifs is 1. The number of thiazole rings is 1. The van der Waals surface area contributed by atoms with E-state index in [0.29, 0.717) is 36.5 Å². The van der Waals surface area contributed by atoms with Crippen molar-refractivity contribution in [1.29, 1.82) is 0 Å². The standard InChI is InChI=1S/C15H12N2O5S2/c1-21-9-5-10(22-2)7(4-11-13(18)17-15(23)24-11)12-6(9)3-8(16-12)14(19)20/h3-5,18H,1-2H3,(H,17,23)(H,19,20). The first kappa shape index (κ1) is 16.2. The van der Waals surface area contributed by atoms with Crippen LogP contribution in [0.15, 0.2) is 16.8 Å². The van der Waals surface area contributed by atoms with Gasteiger partial charge in [-0.2, -0.15) is 0 Å². The molecule has 1 aliphatic heterocycles. The third-order valence-electron chi connectivity index (χ3n) is 3.41. The van der Waals surface area contributed by atoms with Crippen LogP contribution < -0.4 is 20.0 Å². The fourth-order valence-corrected chi connectivity index (χ4v) is 3.39. The molecular formula is C15H12N2O5S2. The Labute approximate surface area is 144 Å². The number of rotatable bonds is 4. The van der Waals surface area contributed by atoms with Crippen molar-refractivity contribution in [1.82, 2.24) is 4.98 Å². The Kier molecular flexibility index (Phi) is 4.12. The van der Waals surface area contributed by atoms with Crippen LogP contribution in [-0.4, -0.2) is 35.4 Å². The number of aromatic nitrogens is 1. The Balaban J connectivity index is 2.39. The van der Waals surface area contributed by atoms with Gasteiger partial charge < -0.3 is 24.7 Å². The Hall–Kier alpha value is -2.65. The second-order valence-corrected chi connectivity index (χ2v) is 6.49. The number of aromatic amines is 1. The van der Waals surface area contributed by atoms with Gasteiger partial charge in [0.05, 0.1) is 24.5 Å². The first-order valence-electron chi connectivity index (χ1n) is 6.67. The molecule has 1 aliphatic rings. The van der Waals surface area contributed by atoms with Crippen LogP contribution in [-0.2, 0) is 4.79 Å². The average molecular weight is 364 g/mol. The zero-order valence-corrected chi connectivity index (χ0v) is 14.2. The molecule has 2 heterocycles. The Morgan fingerprint density at radius 2 is 2.08 bits per heavy atom. The van der Waals surface area contributed by atoms with Gasteiger partial charge in [-0.15, -0.1) is 11.3 Å². The van der Waals surface area contributed by atoms with Crippen molar-refractivity contribution < 1.29 is 24.5 Å². The van der Waals surface area contributed by atoms with Gasteiger partial charge in [0.2, 0.25) is 5.88 Å². The van der Waals surface area contributed by atoms with Crippen molar-refractivity contribution >= 4 is 41.7 Å². The Morgan fingerprint density at radius 3 is 2.62 bits per heavy atom. The van der Waals surface area contributed by atoms with Crippen molar-refractivity contribution in [2.45, 2.75) is 0 Å². The molecule has 1 aromatic carbocycles. The number of ether oxygens (including phenoxy) is 2. The summed E-state index contributed by atoms with van der Waals surface area (Å²) in [5, 5.41) is 20.0. The van der Waals surface area contributed by atoms with E-state index < -0.39 is 5.97 Å². The monoisotopic (exact) mass is 364 g/mol. The number of aliphatic carboxylic acids is 1. The molecule has 0 amide bonds. The number of hydrogen-bond donors (Lipinski definition) is 3. The summed E-state index contributed by atoms with van der Waals surface area (Å²) in [6.45, 7) is 0. The summed E-state index contributed by atoms with van der Waals surface area (Å²) in [5.74, 6) is -0.322. The lowest BCUT2D eigenvalue weighted by molar-refractivity contribution is -0.132. The maximum Gasteiger partial charge on any atom is 0.354 e. The maximum atomic E-state index is 11.3. The van der Waals surface area contributed by atoms with Crippen LogP contribution in [0.3, 0.4) is 0 Å². The lowest BCUT2D eigenvalue weighted by Gasteiger charge is -2.08. The van der Waals surface area contributed by atoms with Crippen molar-refractivity contribution in [3.8, 4) is 17.4 Å². The second kappa shape index (κ2) is 6.10. The molecule has 0 unspecified atom stereocenters. The van der Waals surface area contributed by atoms with Crippen LogP contribution in [0, 0.1) is 3.95 Å². The molecule has 0 spiro atoms. The van der Waals surface area contributed by atoms with E-state index in [4.69, 9.17) is 21.7 Å². The number of nitrogens with zero attached hydrogens (tertiary/aromatic N) is 1. The summed E-state index contributed by atoms with van der Waals surface area (Å²) in [5.41, 5.74) is 0.442. The predicted molar refractivity (Wildman–Crippen MR) is 90.7 cm³/mol. The topological polar surface area (TPSA) is 104 Å². The van der Waals surface area contributed by atoms with E-state index in [2.05, 4.69) is 9.98 Å². The molecule has 3 N–H and O–H groups in total. The summed E-state index contributed by atoms with van der Waals surface area (Å²) in [6, 6.07) is 1.64. The fourth-order valence-electron chi connectivity index (χ4n) is 2.35. The van der Waals surface area contributed by atoms with E-state index in [-0.39, 0.29) is 11.6 Å². The minimum atomic E-state index is -1.14. The van der Waals surface area contributed by atoms with Crippen LogP contribution >= 0.6 is 23.6 Å². The van der Waals surface area contributed by atoms with Crippen LogP contribution in [0.1, 0.15) is 10.4 Å². The molecule has 2 aromatic rings. The zero-order valence-electron chi connectivity index (χ0n) is 12.6. The summed E-state index contributed by atoms with van der Waals surface area (Å²) < 4.78 is 11.1. The van der Waals surface area contributed by atoms with E-state index >= 15 is 0 Å². The number of nitrogens with one attached hydrogen (secondary N) is 1. The van der Waals surface area contributed by atoms with Crippen LogP contribution in [0.25, 0.3) is 12.2 Å². The fraction of sp³-hybridized carbons (Fsp3) is 0.133. The van der Waals surface area contributed by atoms with E-state index in [1.807, 2.05) is 0 Å². The minimum Gasteiger partial charge on any atom is -0.496 e.